The van der Waals surface area contributed by atoms with E-state index < -0.39 is 0 Å². The number of hydrogen-bond donors (Lipinski definition) is 1. The fourth-order valence-corrected chi connectivity index (χ4v) is 4.65. The molecule has 4 rings (SSSR count). The Balaban J connectivity index is 1.59. The molecule has 4 nitrogen and oxygen atoms in total. The number of fused-ring (bicyclic) bond motifs is 1. The zero-order chi connectivity index (χ0) is 21.1. The molecule has 0 spiro atoms. The van der Waals surface area contributed by atoms with E-state index in [2.05, 4.69) is 63.8 Å². The zero-order valence-corrected chi connectivity index (χ0v) is 20.3. The molecule has 0 unspecified atom stereocenters. The second-order valence-electron chi connectivity index (χ2n) is 6.50. The molecular weight excluding hydrogens is 574 g/mol. The molecule has 1 heterocycles. The number of ether oxygens (including phenoxy) is 1. The van der Waals surface area contributed by atoms with Crippen LogP contribution < -0.4 is 4.74 Å². The Morgan fingerprint density at radius 1 is 1.03 bits per heavy atom. The van der Waals surface area contributed by atoms with Gasteiger partial charge in [0.1, 0.15) is 24.3 Å². The fourth-order valence-electron chi connectivity index (χ4n) is 2.94. The smallest absolute Gasteiger partial charge is 0.149 e. The number of imidazole rings is 1. The van der Waals surface area contributed by atoms with Crippen LogP contribution in [0.1, 0.15) is 17.0 Å². The molecule has 0 saturated carbocycles. The molecule has 0 fully saturated rings. The van der Waals surface area contributed by atoms with Crippen molar-refractivity contribution in [3.8, 4) is 11.8 Å². The van der Waals surface area contributed by atoms with Crippen molar-refractivity contribution < 1.29 is 4.74 Å². The van der Waals surface area contributed by atoms with Gasteiger partial charge in [-0.05, 0) is 85.5 Å². The number of benzene rings is 3. The molecule has 3 aromatic carbocycles. The van der Waals surface area contributed by atoms with E-state index in [4.69, 9.17) is 4.74 Å². The van der Waals surface area contributed by atoms with E-state index in [0.717, 1.165) is 35.6 Å². The minimum atomic E-state index is 0.447. The molecule has 1 aromatic heterocycles. The molecule has 7 heteroatoms. The maximum absolute atomic E-state index is 9.66. The summed E-state index contributed by atoms with van der Waals surface area (Å²) in [6.07, 6.45) is 1.80. The standard InChI is InChI=1S/C23H14Br3N3O/c24-17-7-5-14(6-8-17)13-30-22-18(25)10-15(11-19(22)26)9-16(12-27)23-28-20-3-1-2-4-21(20)29-23/h1-11H,13H2,(H,28,29)/b16-9+. The Bertz CT molecular complexity index is 1230. The third-order valence-corrected chi connectivity index (χ3v) is 6.10. The van der Waals surface area contributed by atoms with Gasteiger partial charge in [0.25, 0.3) is 0 Å². The highest BCUT2D eigenvalue weighted by molar-refractivity contribution is 9.11. The van der Waals surface area contributed by atoms with E-state index in [0.29, 0.717) is 23.8 Å². The molecule has 148 valence electrons. The van der Waals surface area contributed by atoms with Gasteiger partial charge < -0.3 is 9.72 Å². The molecule has 0 saturated heterocycles. The average molecular weight is 588 g/mol. The van der Waals surface area contributed by atoms with Crippen molar-refractivity contribution in [2.45, 2.75) is 6.61 Å². The fraction of sp³-hybridized carbons (Fsp3) is 0.0435. The minimum absolute atomic E-state index is 0.447. The second kappa shape index (κ2) is 9.17. The third kappa shape index (κ3) is 4.67. The normalized spacial score (nSPS) is 11.5. The summed E-state index contributed by atoms with van der Waals surface area (Å²) >= 11 is 10.6. The molecule has 0 aliphatic carbocycles. The molecule has 0 bridgehead atoms. The van der Waals surface area contributed by atoms with Gasteiger partial charge in [0.15, 0.2) is 0 Å². The first-order valence-electron chi connectivity index (χ1n) is 8.96. The SMILES string of the molecule is N#C/C(=C\c1cc(Br)c(OCc2ccc(Br)cc2)c(Br)c1)c1nc2ccccc2[nH]1. The number of nitrogens with one attached hydrogen (secondary N) is 1. The molecule has 4 aromatic rings. The summed E-state index contributed by atoms with van der Waals surface area (Å²) in [5, 5.41) is 9.66. The summed E-state index contributed by atoms with van der Waals surface area (Å²) in [6, 6.07) is 21.8. The van der Waals surface area contributed by atoms with Crippen molar-refractivity contribution >= 4 is 70.5 Å². The summed E-state index contributed by atoms with van der Waals surface area (Å²) in [5.74, 6) is 1.25. The first-order chi connectivity index (χ1) is 14.5. The van der Waals surface area contributed by atoms with Gasteiger partial charge in [0.05, 0.1) is 25.6 Å². The maximum Gasteiger partial charge on any atom is 0.149 e. The minimum Gasteiger partial charge on any atom is -0.487 e. The Morgan fingerprint density at radius 2 is 1.73 bits per heavy atom. The predicted octanol–water partition coefficient (Wildman–Crippen LogP) is 7.49. The lowest BCUT2D eigenvalue weighted by Gasteiger charge is -2.12. The molecule has 0 aliphatic rings. The highest BCUT2D eigenvalue weighted by Crippen LogP contribution is 2.36. The highest BCUT2D eigenvalue weighted by atomic mass is 79.9. The lowest BCUT2D eigenvalue weighted by molar-refractivity contribution is 0.302. The van der Waals surface area contributed by atoms with Gasteiger partial charge in [-0.2, -0.15) is 5.26 Å². The van der Waals surface area contributed by atoms with E-state index in [1.165, 1.54) is 0 Å². The van der Waals surface area contributed by atoms with Gasteiger partial charge in [-0.1, -0.05) is 40.2 Å². The zero-order valence-electron chi connectivity index (χ0n) is 15.5. The van der Waals surface area contributed by atoms with Crippen LogP contribution in [0.5, 0.6) is 5.75 Å². The molecule has 0 aliphatic heterocycles. The van der Waals surface area contributed by atoms with E-state index >= 15 is 0 Å². The number of aromatic amines is 1. The molecule has 30 heavy (non-hydrogen) atoms. The van der Waals surface area contributed by atoms with Crippen LogP contribution in [0.25, 0.3) is 22.7 Å². The quantitative estimate of drug-likeness (QED) is 0.246. The number of aromatic nitrogens is 2. The van der Waals surface area contributed by atoms with Crippen LogP contribution >= 0.6 is 47.8 Å². The number of nitriles is 1. The number of nitrogens with zero attached hydrogens (tertiary/aromatic N) is 2. The van der Waals surface area contributed by atoms with E-state index in [1.807, 2.05) is 60.7 Å². The van der Waals surface area contributed by atoms with E-state index in [1.54, 1.807) is 6.08 Å². The van der Waals surface area contributed by atoms with Crippen molar-refractivity contribution in [3.63, 3.8) is 0 Å². The van der Waals surface area contributed by atoms with E-state index in [9.17, 15) is 5.26 Å². The summed E-state index contributed by atoms with van der Waals surface area (Å²) in [7, 11) is 0. The van der Waals surface area contributed by atoms with Crippen LogP contribution in [0.3, 0.4) is 0 Å². The Morgan fingerprint density at radius 3 is 2.40 bits per heavy atom. The van der Waals surface area contributed by atoms with Gasteiger partial charge in [0.2, 0.25) is 0 Å². The highest BCUT2D eigenvalue weighted by Gasteiger charge is 2.12. The second-order valence-corrected chi connectivity index (χ2v) is 9.13. The van der Waals surface area contributed by atoms with Gasteiger partial charge in [-0.15, -0.1) is 0 Å². The summed E-state index contributed by atoms with van der Waals surface area (Å²) < 4.78 is 8.61. The molecular formula is C23H14Br3N3O. The average Bonchev–Trinajstić information content (AvgIpc) is 3.16. The maximum atomic E-state index is 9.66. The lowest BCUT2D eigenvalue weighted by Crippen LogP contribution is -1.97. The van der Waals surface area contributed by atoms with Crippen LogP contribution in [-0.4, -0.2) is 9.97 Å². The van der Waals surface area contributed by atoms with Gasteiger partial charge >= 0.3 is 0 Å². The van der Waals surface area contributed by atoms with Crippen molar-refractivity contribution in [2.24, 2.45) is 0 Å². The van der Waals surface area contributed by atoms with Gasteiger partial charge in [0, 0.05) is 4.47 Å². The Kier molecular flexibility index (Phi) is 6.38. The number of allylic oxidation sites excluding steroid dienone is 1. The number of rotatable bonds is 5. The molecule has 1 N–H and O–H groups in total. The molecule has 0 radical (unpaired) electrons. The van der Waals surface area contributed by atoms with Gasteiger partial charge in [-0.3, -0.25) is 0 Å². The first-order valence-corrected chi connectivity index (χ1v) is 11.3. The van der Waals surface area contributed by atoms with E-state index in [-0.39, 0.29) is 0 Å². The lowest BCUT2D eigenvalue weighted by atomic mass is 10.1. The largest absolute Gasteiger partial charge is 0.487 e. The first kappa shape index (κ1) is 20.9. The number of hydrogen-bond acceptors (Lipinski definition) is 3. The molecule has 0 atom stereocenters. The number of H-pyrrole nitrogens is 1. The van der Waals surface area contributed by atoms with Crippen LogP contribution in [0.4, 0.5) is 0 Å². The predicted molar refractivity (Wildman–Crippen MR) is 130 cm³/mol. The van der Waals surface area contributed by atoms with Crippen LogP contribution in [0.2, 0.25) is 0 Å². The van der Waals surface area contributed by atoms with Crippen molar-refractivity contribution in [2.75, 3.05) is 0 Å². The number of halogens is 3. The summed E-state index contributed by atoms with van der Waals surface area (Å²) in [5.41, 5.74) is 4.09. The third-order valence-electron chi connectivity index (χ3n) is 4.39. The Labute approximate surface area is 199 Å². The van der Waals surface area contributed by atoms with Crippen molar-refractivity contribution in [1.29, 1.82) is 5.26 Å². The Hall–Kier alpha value is -2.40. The number of para-hydroxylation sites is 2. The topological polar surface area (TPSA) is 61.7 Å². The van der Waals surface area contributed by atoms with Crippen LogP contribution in [0.15, 0.2) is 74.1 Å². The van der Waals surface area contributed by atoms with Crippen molar-refractivity contribution in [1.82, 2.24) is 9.97 Å². The van der Waals surface area contributed by atoms with Crippen LogP contribution in [-0.2, 0) is 6.61 Å². The molecule has 0 amide bonds. The summed E-state index contributed by atoms with van der Waals surface area (Å²) in [4.78, 5) is 7.71. The van der Waals surface area contributed by atoms with Gasteiger partial charge in [-0.25, -0.2) is 4.98 Å². The van der Waals surface area contributed by atoms with Crippen LogP contribution in [0, 0.1) is 11.3 Å². The van der Waals surface area contributed by atoms with Crippen molar-refractivity contribution in [3.05, 3.63) is 91.0 Å². The monoisotopic (exact) mass is 585 g/mol. The summed E-state index contributed by atoms with van der Waals surface area (Å²) in [6.45, 7) is 0.447.